The predicted molar refractivity (Wildman–Crippen MR) is 85.1 cm³/mol. The molecule has 116 valence electrons. The molecule has 0 fully saturated rings. The first kappa shape index (κ1) is 16.2. The number of hydrogen-bond acceptors (Lipinski definition) is 4. The van der Waals surface area contributed by atoms with E-state index >= 15 is 0 Å². The molecule has 0 aliphatic rings. The first-order chi connectivity index (χ1) is 10.6. The third kappa shape index (κ3) is 4.39. The van der Waals surface area contributed by atoms with Gasteiger partial charge >= 0.3 is 5.97 Å². The number of carbonyl (C=O) groups is 1. The van der Waals surface area contributed by atoms with E-state index in [0.29, 0.717) is 29.2 Å². The van der Waals surface area contributed by atoms with E-state index < -0.39 is 5.97 Å². The molecule has 1 N–H and O–H groups in total. The predicted octanol–water partition coefficient (Wildman–Crippen LogP) is 3.61. The van der Waals surface area contributed by atoms with Crippen molar-refractivity contribution in [1.29, 1.82) is 0 Å². The monoisotopic (exact) mass is 366 g/mol. The molecule has 0 unspecified atom stereocenters. The smallest absolute Gasteiger partial charge is 0.335 e. The van der Waals surface area contributed by atoms with Crippen molar-refractivity contribution in [3.8, 4) is 17.2 Å². The average molecular weight is 367 g/mol. The van der Waals surface area contributed by atoms with Gasteiger partial charge in [0, 0.05) is 6.07 Å². The summed E-state index contributed by atoms with van der Waals surface area (Å²) in [7, 11) is 1.60. The highest BCUT2D eigenvalue weighted by molar-refractivity contribution is 9.10. The minimum atomic E-state index is -0.978. The number of ether oxygens (including phenoxy) is 3. The summed E-state index contributed by atoms with van der Waals surface area (Å²) in [6, 6.07) is 11.9. The van der Waals surface area contributed by atoms with Gasteiger partial charge in [-0.15, -0.1) is 0 Å². The fourth-order valence-corrected chi connectivity index (χ4v) is 2.25. The van der Waals surface area contributed by atoms with Crippen molar-refractivity contribution in [2.24, 2.45) is 0 Å². The Morgan fingerprint density at radius 3 is 2.50 bits per heavy atom. The standard InChI is InChI=1S/C16H15BrO5/c1-20-12-3-2-4-13(10-12)21-7-8-22-15-6-5-11(16(18)19)9-14(15)17/h2-6,9-10H,7-8H2,1H3,(H,18,19). The Bertz CT molecular complexity index is 657. The van der Waals surface area contributed by atoms with E-state index in [0.717, 1.165) is 5.75 Å². The van der Waals surface area contributed by atoms with Crippen LogP contribution < -0.4 is 14.2 Å². The number of hydrogen-bond donors (Lipinski definition) is 1. The summed E-state index contributed by atoms with van der Waals surface area (Å²) in [5.74, 6) is 1.02. The maximum atomic E-state index is 10.8. The Labute approximate surface area is 136 Å². The molecule has 22 heavy (non-hydrogen) atoms. The van der Waals surface area contributed by atoms with Gasteiger partial charge in [-0.05, 0) is 46.3 Å². The van der Waals surface area contributed by atoms with Crippen LogP contribution >= 0.6 is 15.9 Å². The van der Waals surface area contributed by atoms with Crippen LogP contribution in [0.4, 0.5) is 0 Å². The van der Waals surface area contributed by atoms with E-state index in [1.54, 1.807) is 19.2 Å². The molecule has 0 bridgehead atoms. The molecule has 0 saturated heterocycles. The van der Waals surface area contributed by atoms with Crippen LogP contribution in [-0.4, -0.2) is 31.4 Å². The van der Waals surface area contributed by atoms with E-state index in [1.165, 1.54) is 12.1 Å². The number of methoxy groups -OCH3 is 1. The Morgan fingerprint density at radius 1 is 1.09 bits per heavy atom. The summed E-state index contributed by atoms with van der Waals surface area (Å²) in [6.45, 7) is 0.697. The second-order valence-corrected chi connectivity index (χ2v) is 5.18. The summed E-state index contributed by atoms with van der Waals surface area (Å²) in [4.78, 5) is 10.8. The highest BCUT2D eigenvalue weighted by atomic mass is 79.9. The molecule has 0 aromatic heterocycles. The Balaban J connectivity index is 1.85. The van der Waals surface area contributed by atoms with E-state index in [1.807, 2.05) is 18.2 Å². The highest BCUT2D eigenvalue weighted by Gasteiger charge is 2.07. The maximum absolute atomic E-state index is 10.8. The van der Waals surface area contributed by atoms with Gasteiger partial charge in [0.2, 0.25) is 0 Å². The summed E-state index contributed by atoms with van der Waals surface area (Å²) in [6.07, 6.45) is 0. The molecular formula is C16H15BrO5. The summed E-state index contributed by atoms with van der Waals surface area (Å²) in [5, 5.41) is 8.89. The van der Waals surface area contributed by atoms with E-state index in [9.17, 15) is 4.79 Å². The van der Waals surface area contributed by atoms with Gasteiger partial charge in [0.05, 0.1) is 17.1 Å². The first-order valence-electron chi connectivity index (χ1n) is 6.52. The number of rotatable bonds is 7. The number of halogens is 1. The van der Waals surface area contributed by atoms with Crippen LogP contribution in [-0.2, 0) is 0 Å². The van der Waals surface area contributed by atoms with Crippen molar-refractivity contribution >= 4 is 21.9 Å². The molecular weight excluding hydrogens is 352 g/mol. The zero-order valence-electron chi connectivity index (χ0n) is 11.9. The van der Waals surface area contributed by atoms with Crippen LogP contribution in [0, 0.1) is 0 Å². The molecule has 2 rings (SSSR count). The lowest BCUT2D eigenvalue weighted by molar-refractivity contribution is 0.0696. The van der Waals surface area contributed by atoms with Crippen molar-refractivity contribution in [2.75, 3.05) is 20.3 Å². The van der Waals surface area contributed by atoms with Crippen LogP contribution in [0.3, 0.4) is 0 Å². The van der Waals surface area contributed by atoms with Crippen molar-refractivity contribution in [2.45, 2.75) is 0 Å². The van der Waals surface area contributed by atoms with Crippen molar-refractivity contribution in [3.63, 3.8) is 0 Å². The largest absolute Gasteiger partial charge is 0.497 e. The zero-order valence-corrected chi connectivity index (χ0v) is 13.5. The van der Waals surface area contributed by atoms with Crippen molar-refractivity contribution < 1.29 is 24.1 Å². The normalized spacial score (nSPS) is 10.1. The van der Waals surface area contributed by atoms with Gasteiger partial charge in [-0.1, -0.05) is 6.07 Å². The van der Waals surface area contributed by atoms with Crippen LogP contribution in [0.25, 0.3) is 0 Å². The third-order valence-electron chi connectivity index (χ3n) is 2.83. The van der Waals surface area contributed by atoms with Gasteiger partial charge in [0.15, 0.2) is 0 Å². The third-order valence-corrected chi connectivity index (χ3v) is 3.45. The Kier molecular flexibility index (Phi) is 5.66. The van der Waals surface area contributed by atoms with E-state index in [4.69, 9.17) is 19.3 Å². The van der Waals surface area contributed by atoms with Crippen molar-refractivity contribution in [3.05, 3.63) is 52.5 Å². The number of aromatic carboxylic acids is 1. The SMILES string of the molecule is COc1cccc(OCCOc2ccc(C(=O)O)cc2Br)c1. The molecule has 6 heteroatoms. The molecule has 0 spiro atoms. The second kappa shape index (κ2) is 7.70. The molecule has 0 radical (unpaired) electrons. The lowest BCUT2D eigenvalue weighted by Gasteiger charge is -2.10. The second-order valence-electron chi connectivity index (χ2n) is 4.33. The number of benzene rings is 2. The van der Waals surface area contributed by atoms with Crippen LogP contribution in [0.5, 0.6) is 17.2 Å². The zero-order chi connectivity index (χ0) is 15.9. The van der Waals surface area contributed by atoms with Gasteiger partial charge in [0.1, 0.15) is 30.5 Å². The quantitative estimate of drug-likeness (QED) is 0.758. The Hall–Kier alpha value is -2.21. The first-order valence-corrected chi connectivity index (χ1v) is 7.32. The molecule has 2 aromatic carbocycles. The molecule has 0 heterocycles. The van der Waals surface area contributed by atoms with E-state index in [-0.39, 0.29) is 5.56 Å². The molecule has 0 amide bonds. The van der Waals surface area contributed by atoms with Gasteiger partial charge in [0.25, 0.3) is 0 Å². The summed E-state index contributed by atoms with van der Waals surface area (Å²) >= 11 is 3.29. The van der Waals surface area contributed by atoms with Gasteiger partial charge in [-0.2, -0.15) is 0 Å². The fourth-order valence-electron chi connectivity index (χ4n) is 1.75. The molecule has 5 nitrogen and oxygen atoms in total. The minimum absolute atomic E-state index is 0.201. The summed E-state index contributed by atoms with van der Waals surface area (Å²) < 4.78 is 16.8. The van der Waals surface area contributed by atoms with Crippen molar-refractivity contribution in [1.82, 2.24) is 0 Å². The lowest BCUT2D eigenvalue weighted by Crippen LogP contribution is -2.09. The number of carboxylic acids is 1. The van der Waals surface area contributed by atoms with E-state index in [2.05, 4.69) is 15.9 Å². The van der Waals surface area contributed by atoms with Crippen LogP contribution in [0.1, 0.15) is 10.4 Å². The van der Waals surface area contributed by atoms with Crippen LogP contribution in [0.2, 0.25) is 0 Å². The van der Waals surface area contributed by atoms with Gasteiger partial charge < -0.3 is 19.3 Å². The summed E-state index contributed by atoms with van der Waals surface area (Å²) in [5.41, 5.74) is 0.201. The maximum Gasteiger partial charge on any atom is 0.335 e. The van der Waals surface area contributed by atoms with Gasteiger partial charge in [-0.25, -0.2) is 4.79 Å². The molecule has 0 saturated carbocycles. The molecule has 0 atom stereocenters. The van der Waals surface area contributed by atoms with Crippen LogP contribution in [0.15, 0.2) is 46.9 Å². The Morgan fingerprint density at radius 2 is 1.82 bits per heavy atom. The van der Waals surface area contributed by atoms with Gasteiger partial charge in [-0.3, -0.25) is 0 Å². The topological polar surface area (TPSA) is 65.0 Å². The average Bonchev–Trinajstić information content (AvgIpc) is 2.52. The number of carboxylic acid groups (broad SMARTS) is 1. The lowest BCUT2D eigenvalue weighted by atomic mass is 10.2. The fraction of sp³-hybridized carbons (Fsp3) is 0.188. The molecule has 0 aliphatic heterocycles. The molecule has 2 aromatic rings. The molecule has 0 aliphatic carbocycles. The highest BCUT2D eigenvalue weighted by Crippen LogP contribution is 2.26. The minimum Gasteiger partial charge on any atom is -0.497 e.